The first-order valence-corrected chi connectivity index (χ1v) is 4.33. The Morgan fingerprint density at radius 1 is 1.60 bits per heavy atom. The zero-order valence-corrected chi connectivity index (χ0v) is 8.12. The van der Waals surface area contributed by atoms with Crippen molar-refractivity contribution in [2.45, 2.75) is 18.8 Å². The second-order valence-corrected chi connectivity index (χ2v) is 3.14. The third-order valence-electron chi connectivity index (χ3n) is 1.92. The van der Waals surface area contributed by atoms with Crippen LogP contribution < -0.4 is 5.32 Å². The largest absolute Gasteiger partial charge is 0.415 e. The summed E-state index contributed by atoms with van der Waals surface area (Å²) in [6.45, 7) is -0.340. The van der Waals surface area contributed by atoms with E-state index in [4.69, 9.17) is 5.11 Å². The average Bonchev–Trinajstić information content (AvgIpc) is 2.50. The fourth-order valence-electron chi connectivity index (χ4n) is 1.00. The first-order chi connectivity index (χ1) is 6.91. The van der Waals surface area contributed by atoms with Crippen LogP contribution in [-0.2, 0) is 13.6 Å². The fourth-order valence-corrected chi connectivity index (χ4v) is 1.00. The molecule has 86 valence electrons. The Bertz CT molecular complexity index is 310. The number of aliphatic hydroxyl groups is 1. The van der Waals surface area contributed by atoms with Crippen molar-refractivity contribution in [1.29, 1.82) is 0 Å². The molecule has 0 fully saturated rings. The van der Waals surface area contributed by atoms with Gasteiger partial charge in [0.25, 0.3) is 0 Å². The highest BCUT2D eigenvalue weighted by molar-refractivity contribution is 4.90. The molecule has 0 amide bonds. The van der Waals surface area contributed by atoms with Crippen LogP contribution in [-0.4, -0.2) is 33.5 Å². The molecule has 0 aromatic carbocycles. The summed E-state index contributed by atoms with van der Waals surface area (Å²) in [5.74, 6) is 0.615. The molecule has 0 saturated heterocycles. The van der Waals surface area contributed by atoms with E-state index in [-0.39, 0.29) is 6.54 Å². The SMILES string of the molecule is Cn1ccnc1CNCC(O)C(F)(F)F. The van der Waals surface area contributed by atoms with Gasteiger partial charge in [0, 0.05) is 26.0 Å². The maximum atomic E-state index is 11.9. The molecule has 15 heavy (non-hydrogen) atoms. The first-order valence-electron chi connectivity index (χ1n) is 4.33. The lowest BCUT2D eigenvalue weighted by atomic mass is 10.3. The number of aromatic nitrogens is 2. The van der Waals surface area contributed by atoms with E-state index in [9.17, 15) is 13.2 Å². The van der Waals surface area contributed by atoms with Crippen LogP contribution in [0.5, 0.6) is 0 Å². The number of hydrogen-bond acceptors (Lipinski definition) is 3. The molecule has 0 aliphatic carbocycles. The molecule has 0 radical (unpaired) electrons. The summed E-state index contributed by atoms with van der Waals surface area (Å²) < 4.78 is 37.3. The van der Waals surface area contributed by atoms with Crippen molar-refractivity contribution < 1.29 is 18.3 Å². The topological polar surface area (TPSA) is 50.1 Å². The average molecular weight is 223 g/mol. The molecule has 2 N–H and O–H groups in total. The smallest absolute Gasteiger partial charge is 0.382 e. The van der Waals surface area contributed by atoms with E-state index in [1.165, 1.54) is 0 Å². The normalized spacial score (nSPS) is 14.2. The highest BCUT2D eigenvalue weighted by Crippen LogP contribution is 2.19. The number of nitrogens with zero attached hydrogens (tertiary/aromatic N) is 2. The highest BCUT2D eigenvalue weighted by Gasteiger charge is 2.37. The third kappa shape index (κ3) is 3.52. The Kier molecular flexibility index (Phi) is 3.70. The van der Waals surface area contributed by atoms with E-state index in [1.807, 2.05) is 0 Å². The summed E-state index contributed by atoms with van der Waals surface area (Å²) in [6, 6.07) is 0. The minimum atomic E-state index is -4.57. The molecule has 0 aliphatic rings. The predicted molar refractivity (Wildman–Crippen MR) is 47.0 cm³/mol. The van der Waals surface area contributed by atoms with E-state index in [0.29, 0.717) is 5.82 Å². The van der Waals surface area contributed by atoms with Crippen LogP contribution in [0.1, 0.15) is 5.82 Å². The molecule has 4 nitrogen and oxygen atoms in total. The molecule has 1 atom stereocenters. The van der Waals surface area contributed by atoms with Gasteiger partial charge in [-0.25, -0.2) is 4.98 Å². The van der Waals surface area contributed by atoms with Crippen LogP contribution in [0.25, 0.3) is 0 Å². The molecular weight excluding hydrogens is 211 g/mol. The number of rotatable bonds is 4. The lowest BCUT2D eigenvalue weighted by molar-refractivity contribution is -0.201. The molecule has 1 aromatic heterocycles. The van der Waals surface area contributed by atoms with Gasteiger partial charge in [0.05, 0.1) is 6.54 Å². The summed E-state index contributed by atoms with van der Waals surface area (Å²) in [6.07, 6.45) is -3.67. The van der Waals surface area contributed by atoms with Crippen molar-refractivity contribution in [1.82, 2.24) is 14.9 Å². The zero-order chi connectivity index (χ0) is 11.5. The summed E-state index contributed by atoms with van der Waals surface area (Å²) in [5.41, 5.74) is 0. The Morgan fingerprint density at radius 2 is 2.27 bits per heavy atom. The fraction of sp³-hybridized carbons (Fsp3) is 0.625. The quantitative estimate of drug-likeness (QED) is 0.778. The molecule has 0 saturated carbocycles. The number of aryl methyl sites for hydroxylation is 1. The lowest BCUT2D eigenvalue weighted by Gasteiger charge is -2.14. The molecule has 1 heterocycles. The van der Waals surface area contributed by atoms with E-state index in [2.05, 4.69) is 10.3 Å². The van der Waals surface area contributed by atoms with Crippen LogP contribution in [0.4, 0.5) is 13.2 Å². The van der Waals surface area contributed by atoms with Crippen LogP contribution in [0, 0.1) is 0 Å². The first kappa shape index (κ1) is 12.0. The van der Waals surface area contributed by atoms with Gasteiger partial charge in [-0.15, -0.1) is 0 Å². The number of imidazole rings is 1. The lowest BCUT2D eigenvalue weighted by Crippen LogP contribution is -2.38. The van der Waals surface area contributed by atoms with E-state index >= 15 is 0 Å². The monoisotopic (exact) mass is 223 g/mol. The molecule has 0 spiro atoms. The van der Waals surface area contributed by atoms with Gasteiger partial charge >= 0.3 is 6.18 Å². The second-order valence-electron chi connectivity index (χ2n) is 3.14. The molecule has 1 aromatic rings. The summed E-state index contributed by atoms with van der Waals surface area (Å²) in [7, 11) is 1.74. The highest BCUT2D eigenvalue weighted by atomic mass is 19.4. The van der Waals surface area contributed by atoms with Crippen molar-refractivity contribution >= 4 is 0 Å². The molecule has 0 bridgehead atoms. The summed E-state index contributed by atoms with van der Waals surface area (Å²) >= 11 is 0. The van der Waals surface area contributed by atoms with Crippen LogP contribution in [0.3, 0.4) is 0 Å². The molecule has 7 heteroatoms. The van der Waals surface area contributed by atoms with E-state index in [0.717, 1.165) is 0 Å². The van der Waals surface area contributed by atoms with Crippen LogP contribution in [0.15, 0.2) is 12.4 Å². The Hall–Kier alpha value is -1.08. The van der Waals surface area contributed by atoms with Gasteiger partial charge in [0.2, 0.25) is 0 Å². The van der Waals surface area contributed by atoms with Crippen molar-refractivity contribution in [2.75, 3.05) is 6.54 Å². The predicted octanol–water partition coefficient (Wildman–Crippen LogP) is 0.433. The maximum absolute atomic E-state index is 11.9. The molecule has 0 aliphatic heterocycles. The Labute approximate surface area is 84.7 Å². The number of alkyl halides is 3. The van der Waals surface area contributed by atoms with Crippen molar-refractivity contribution in [3.05, 3.63) is 18.2 Å². The van der Waals surface area contributed by atoms with Gasteiger partial charge in [-0.2, -0.15) is 13.2 Å². The number of aliphatic hydroxyl groups excluding tert-OH is 1. The summed E-state index contributed by atoms with van der Waals surface area (Å²) in [5, 5.41) is 11.2. The maximum Gasteiger partial charge on any atom is 0.415 e. The molecule has 1 rings (SSSR count). The van der Waals surface area contributed by atoms with E-state index < -0.39 is 18.8 Å². The van der Waals surface area contributed by atoms with Crippen LogP contribution >= 0.6 is 0 Å². The number of halogens is 3. The molecular formula is C8H12F3N3O. The number of hydrogen-bond donors (Lipinski definition) is 2. The van der Waals surface area contributed by atoms with Gasteiger partial charge in [-0.3, -0.25) is 0 Å². The Morgan fingerprint density at radius 3 is 2.73 bits per heavy atom. The van der Waals surface area contributed by atoms with Gasteiger partial charge in [-0.1, -0.05) is 0 Å². The van der Waals surface area contributed by atoms with Gasteiger partial charge in [0.15, 0.2) is 6.10 Å². The minimum absolute atomic E-state index is 0.191. The van der Waals surface area contributed by atoms with Crippen molar-refractivity contribution in [3.8, 4) is 0 Å². The van der Waals surface area contributed by atoms with E-state index in [1.54, 1.807) is 24.0 Å². The van der Waals surface area contributed by atoms with Gasteiger partial charge < -0.3 is 15.0 Å². The third-order valence-corrected chi connectivity index (χ3v) is 1.92. The van der Waals surface area contributed by atoms with Crippen molar-refractivity contribution in [3.63, 3.8) is 0 Å². The van der Waals surface area contributed by atoms with Crippen LogP contribution in [0.2, 0.25) is 0 Å². The van der Waals surface area contributed by atoms with Gasteiger partial charge in [-0.05, 0) is 0 Å². The number of nitrogens with one attached hydrogen (secondary N) is 1. The summed E-state index contributed by atoms with van der Waals surface area (Å²) in [4.78, 5) is 3.91. The van der Waals surface area contributed by atoms with Crippen molar-refractivity contribution in [2.24, 2.45) is 7.05 Å². The minimum Gasteiger partial charge on any atom is -0.382 e. The van der Waals surface area contributed by atoms with Gasteiger partial charge in [0.1, 0.15) is 5.82 Å². The zero-order valence-electron chi connectivity index (χ0n) is 8.12. The molecule has 1 unspecified atom stereocenters. The standard InChI is InChI=1S/C8H12F3N3O/c1-14-3-2-13-7(14)5-12-4-6(15)8(9,10)11/h2-3,6,12,15H,4-5H2,1H3. The second kappa shape index (κ2) is 4.63. The Balaban J connectivity index is 2.31.